The second kappa shape index (κ2) is 5.37. The zero-order chi connectivity index (χ0) is 16.0. The summed E-state index contributed by atoms with van der Waals surface area (Å²) in [5.41, 5.74) is 2.64. The van der Waals surface area contributed by atoms with Gasteiger partial charge in [0.2, 0.25) is 0 Å². The molecule has 118 valence electrons. The number of rotatable bonds is 6. The SMILES string of the molecule is Cc1c(C)c(CC2CO2)c(C(=O)O)c(C(=O)O)c1CC1CO1. The van der Waals surface area contributed by atoms with E-state index >= 15 is 0 Å². The molecule has 2 saturated heterocycles. The van der Waals surface area contributed by atoms with E-state index < -0.39 is 11.9 Å². The molecule has 2 unspecified atom stereocenters. The Morgan fingerprint density at radius 3 is 1.45 bits per heavy atom. The van der Waals surface area contributed by atoms with E-state index in [0.717, 1.165) is 11.1 Å². The molecule has 2 atom stereocenters. The molecular formula is C16H18O6. The van der Waals surface area contributed by atoms with Crippen LogP contribution in [0.5, 0.6) is 0 Å². The molecule has 1 aromatic rings. The van der Waals surface area contributed by atoms with Crippen LogP contribution < -0.4 is 0 Å². The van der Waals surface area contributed by atoms with Crippen LogP contribution in [0.2, 0.25) is 0 Å². The summed E-state index contributed by atoms with van der Waals surface area (Å²) in [7, 11) is 0. The van der Waals surface area contributed by atoms with Crippen molar-refractivity contribution < 1.29 is 29.3 Å². The third-order valence-corrected chi connectivity index (χ3v) is 4.42. The van der Waals surface area contributed by atoms with Crippen molar-refractivity contribution in [2.24, 2.45) is 0 Å². The molecule has 0 bridgehead atoms. The van der Waals surface area contributed by atoms with E-state index in [9.17, 15) is 19.8 Å². The summed E-state index contributed by atoms with van der Waals surface area (Å²) in [6.45, 7) is 4.89. The first kappa shape index (κ1) is 15.0. The van der Waals surface area contributed by atoms with Crippen molar-refractivity contribution in [1.82, 2.24) is 0 Å². The third-order valence-electron chi connectivity index (χ3n) is 4.42. The van der Waals surface area contributed by atoms with Crippen molar-refractivity contribution in [3.8, 4) is 0 Å². The molecule has 2 heterocycles. The summed E-state index contributed by atoms with van der Waals surface area (Å²) in [5.74, 6) is -2.40. The van der Waals surface area contributed by atoms with Gasteiger partial charge in [0.15, 0.2) is 0 Å². The number of carboxylic acid groups (broad SMARTS) is 2. The standard InChI is InChI=1S/C16H18O6/c1-7-8(2)12(4-10-6-22-10)14(16(19)20)13(15(17)18)11(7)3-9-5-21-9/h9-10H,3-6H2,1-2H3,(H,17,18)(H,19,20). The molecule has 0 spiro atoms. The number of carboxylic acids is 2. The van der Waals surface area contributed by atoms with Gasteiger partial charge in [0.05, 0.1) is 36.5 Å². The highest BCUT2D eigenvalue weighted by molar-refractivity contribution is 6.04. The lowest BCUT2D eigenvalue weighted by Crippen LogP contribution is -2.20. The summed E-state index contributed by atoms with van der Waals surface area (Å²) >= 11 is 0. The Bertz CT molecular complexity index is 598. The molecule has 6 nitrogen and oxygen atoms in total. The van der Waals surface area contributed by atoms with Crippen LogP contribution >= 0.6 is 0 Å². The van der Waals surface area contributed by atoms with Gasteiger partial charge in [-0.05, 0) is 36.1 Å². The maximum atomic E-state index is 11.7. The highest BCUT2D eigenvalue weighted by Gasteiger charge is 2.34. The molecule has 2 aliphatic rings. The molecule has 6 heteroatoms. The van der Waals surface area contributed by atoms with Gasteiger partial charge in [-0.3, -0.25) is 0 Å². The molecule has 22 heavy (non-hydrogen) atoms. The predicted molar refractivity (Wildman–Crippen MR) is 76.7 cm³/mol. The normalized spacial score (nSPS) is 22.5. The van der Waals surface area contributed by atoms with Gasteiger partial charge in [0.1, 0.15) is 0 Å². The summed E-state index contributed by atoms with van der Waals surface area (Å²) in [4.78, 5) is 23.5. The van der Waals surface area contributed by atoms with Crippen LogP contribution in [-0.2, 0) is 22.3 Å². The fraction of sp³-hybridized carbons (Fsp3) is 0.500. The first-order valence-corrected chi connectivity index (χ1v) is 7.24. The number of epoxide rings is 2. The fourth-order valence-corrected chi connectivity index (χ4v) is 2.94. The van der Waals surface area contributed by atoms with E-state index in [0.29, 0.717) is 37.2 Å². The van der Waals surface area contributed by atoms with Gasteiger partial charge in [-0.1, -0.05) is 0 Å². The molecule has 2 aliphatic heterocycles. The average Bonchev–Trinajstić information content (AvgIpc) is 3.31. The Hall–Kier alpha value is -1.92. The molecule has 2 N–H and O–H groups in total. The summed E-state index contributed by atoms with van der Waals surface area (Å²) in [5, 5.41) is 19.2. The molecular weight excluding hydrogens is 288 g/mol. The van der Waals surface area contributed by atoms with Crippen LogP contribution in [0, 0.1) is 13.8 Å². The minimum Gasteiger partial charge on any atom is -0.478 e. The van der Waals surface area contributed by atoms with Crippen LogP contribution in [0.25, 0.3) is 0 Å². The second-order valence-corrected chi connectivity index (χ2v) is 5.89. The van der Waals surface area contributed by atoms with Crippen LogP contribution in [0.3, 0.4) is 0 Å². The Morgan fingerprint density at radius 1 is 0.909 bits per heavy atom. The molecule has 0 radical (unpaired) electrons. The molecule has 0 aromatic heterocycles. The predicted octanol–water partition coefficient (Wildman–Crippen LogP) is 1.58. The van der Waals surface area contributed by atoms with Gasteiger partial charge < -0.3 is 19.7 Å². The highest BCUT2D eigenvalue weighted by atomic mass is 16.6. The monoisotopic (exact) mass is 306 g/mol. The maximum Gasteiger partial charge on any atom is 0.336 e. The lowest BCUT2D eigenvalue weighted by atomic mass is 9.84. The van der Waals surface area contributed by atoms with Crippen molar-refractivity contribution >= 4 is 11.9 Å². The topological polar surface area (TPSA) is 99.7 Å². The molecule has 1 aromatic carbocycles. The van der Waals surface area contributed by atoms with Gasteiger partial charge in [-0.15, -0.1) is 0 Å². The number of carbonyl (C=O) groups is 2. The first-order chi connectivity index (χ1) is 10.4. The Morgan fingerprint density at radius 2 is 1.23 bits per heavy atom. The lowest BCUT2D eigenvalue weighted by Gasteiger charge is -2.19. The quantitative estimate of drug-likeness (QED) is 0.774. The third kappa shape index (κ3) is 2.71. The van der Waals surface area contributed by atoms with E-state index in [1.165, 1.54) is 0 Å². The molecule has 0 amide bonds. The average molecular weight is 306 g/mol. The summed E-state index contributed by atoms with van der Waals surface area (Å²) in [6.07, 6.45) is 0.870. The number of hydrogen-bond acceptors (Lipinski definition) is 4. The van der Waals surface area contributed by atoms with Gasteiger partial charge in [-0.25, -0.2) is 9.59 Å². The fourth-order valence-electron chi connectivity index (χ4n) is 2.94. The van der Waals surface area contributed by atoms with Crippen LogP contribution in [0.1, 0.15) is 43.0 Å². The number of aromatic carboxylic acids is 2. The first-order valence-electron chi connectivity index (χ1n) is 7.24. The molecule has 0 aliphatic carbocycles. The van der Waals surface area contributed by atoms with Crippen molar-refractivity contribution in [3.63, 3.8) is 0 Å². The largest absolute Gasteiger partial charge is 0.478 e. The zero-order valence-corrected chi connectivity index (χ0v) is 12.5. The maximum absolute atomic E-state index is 11.7. The van der Waals surface area contributed by atoms with Crippen LogP contribution in [-0.4, -0.2) is 47.6 Å². The van der Waals surface area contributed by atoms with E-state index in [4.69, 9.17) is 9.47 Å². The summed E-state index contributed by atoms with van der Waals surface area (Å²) in [6, 6.07) is 0. The lowest BCUT2D eigenvalue weighted by molar-refractivity contribution is 0.0649. The van der Waals surface area contributed by atoms with Crippen molar-refractivity contribution in [2.45, 2.75) is 38.9 Å². The molecule has 3 rings (SSSR count). The van der Waals surface area contributed by atoms with E-state index in [1.54, 1.807) is 0 Å². The molecule has 2 fully saturated rings. The smallest absolute Gasteiger partial charge is 0.336 e. The van der Waals surface area contributed by atoms with Gasteiger partial charge in [0.25, 0.3) is 0 Å². The highest BCUT2D eigenvalue weighted by Crippen LogP contribution is 2.33. The number of benzene rings is 1. The second-order valence-electron chi connectivity index (χ2n) is 5.89. The number of hydrogen-bond donors (Lipinski definition) is 2. The Kier molecular flexibility index (Phi) is 3.66. The van der Waals surface area contributed by atoms with Crippen LogP contribution in [0.15, 0.2) is 0 Å². The van der Waals surface area contributed by atoms with Crippen LogP contribution in [0.4, 0.5) is 0 Å². The zero-order valence-electron chi connectivity index (χ0n) is 12.5. The van der Waals surface area contributed by atoms with E-state index in [1.807, 2.05) is 13.8 Å². The number of ether oxygens (including phenoxy) is 2. The molecule has 0 saturated carbocycles. The Balaban J connectivity index is 2.21. The minimum absolute atomic E-state index is 0.00420. The van der Waals surface area contributed by atoms with Gasteiger partial charge in [0, 0.05) is 12.8 Å². The van der Waals surface area contributed by atoms with Gasteiger partial charge in [-0.2, -0.15) is 0 Å². The van der Waals surface area contributed by atoms with E-state index in [2.05, 4.69) is 0 Å². The minimum atomic E-state index is -1.20. The Labute approximate surface area is 127 Å². The van der Waals surface area contributed by atoms with E-state index in [-0.39, 0.29) is 23.3 Å². The summed E-state index contributed by atoms with van der Waals surface area (Å²) < 4.78 is 10.4. The van der Waals surface area contributed by atoms with Crippen molar-refractivity contribution in [2.75, 3.05) is 13.2 Å². The van der Waals surface area contributed by atoms with Crippen molar-refractivity contribution in [1.29, 1.82) is 0 Å². The van der Waals surface area contributed by atoms with Gasteiger partial charge >= 0.3 is 11.9 Å². The van der Waals surface area contributed by atoms with Crippen molar-refractivity contribution in [3.05, 3.63) is 33.4 Å².